The zero-order valence-corrected chi connectivity index (χ0v) is 38.2. The van der Waals surface area contributed by atoms with Crippen LogP contribution in [0.15, 0.2) is 77.8 Å². The summed E-state index contributed by atoms with van der Waals surface area (Å²) in [6, 6.07) is 21.4. The van der Waals surface area contributed by atoms with Gasteiger partial charge in [-0.05, 0) is 106 Å². The molecule has 3 aliphatic heterocycles. The number of aryl methyl sites for hydroxylation is 3. The summed E-state index contributed by atoms with van der Waals surface area (Å²) in [4.78, 5) is 12.1. The second-order valence-corrected chi connectivity index (χ2v) is 19.5. The number of aromatic nitrogens is 3. The fourth-order valence-electron chi connectivity index (χ4n) is 10.8. The fourth-order valence-corrected chi connectivity index (χ4v) is 12.0. The second kappa shape index (κ2) is 16.9. The number of rotatable bonds is 8. The molecule has 6 aromatic rings. The second-order valence-electron chi connectivity index (χ2n) is 18.3. The standard InChI is InChI=1S/C51H54F3N7O3S/c1-29-31(3)65-50-46(29)48(55-30(2)49-57-56-32(4)61(49)50)38-24-41(53)43(26-40(38)52)59-17-15-51(63,16-18-59)28-58-19-21-60(22-20-58)44-27-45(64-5)39(25-42(44)54)47-36(33-9-7-6-8-10-33)13-11-34-23-35(62)12-14-37(34)47/h6-10,12,14,23-27,30,36,47,62-63H,11,13,15-22,28H2,1-5H3/t30-,36+,47-/m0/s1. The first-order valence-corrected chi connectivity index (χ1v) is 23.4. The summed E-state index contributed by atoms with van der Waals surface area (Å²) >= 11 is 1.57. The zero-order valence-electron chi connectivity index (χ0n) is 37.4. The van der Waals surface area contributed by atoms with E-state index in [0.29, 0.717) is 87.5 Å². The molecule has 10 nitrogen and oxygen atoms in total. The van der Waals surface area contributed by atoms with E-state index in [2.05, 4.69) is 27.2 Å². The lowest BCUT2D eigenvalue weighted by atomic mass is 9.69. The molecule has 0 bridgehead atoms. The Morgan fingerprint density at radius 1 is 0.815 bits per heavy atom. The number of benzene rings is 4. The van der Waals surface area contributed by atoms with Gasteiger partial charge >= 0.3 is 0 Å². The van der Waals surface area contributed by atoms with E-state index in [-0.39, 0.29) is 34.7 Å². The van der Waals surface area contributed by atoms with Crippen LogP contribution in [-0.2, 0) is 6.42 Å². The van der Waals surface area contributed by atoms with Crippen LogP contribution in [0, 0.1) is 38.2 Å². The zero-order chi connectivity index (χ0) is 45.3. The maximum atomic E-state index is 16.5. The lowest BCUT2D eigenvalue weighted by Crippen LogP contribution is -2.55. The van der Waals surface area contributed by atoms with Gasteiger partial charge in [0.1, 0.15) is 45.8 Å². The largest absolute Gasteiger partial charge is 0.508 e. The molecule has 0 amide bonds. The van der Waals surface area contributed by atoms with E-state index in [1.807, 2.05) is 78.5 Å². The number of aliphatic imine (C=N–C) groups is 1. The molecule has 3 atom stereocenters. The van der Waals surface area contributed by atoms with Crippen LogP contribution in [0.1, 0.15) is 99.5 Å². The molecule has 4 aromatic carbocycles. The smallest absolute Gasteiger partial charge is 0.162 e. The van der Waals surface area contributed by atoms with Crippen molar-refractivity contribution in [2.24, 2.45) is 4.99 Å². The minimum absolute atomic E-state index is 0.102. The Morgan fingerprint density at radius 2 is 1.52 bits per heavy atom. The molecule has 0 saturated carbocycles. The van der Waals surface area contributed by atoms with Crippen molar-refractivity contribution < 1.29 is 28.1 Å². The number of phenolic OH excluding ortho intramolecular Hbond substituents is 1. The average molecular weight is 902 g/mol. The van der Waals surface area contributed by atoms with Crippen molar-refractivity contribution in [2.45, 2.75) is 76.9 Å². The molecule has 4 aliphatic rings. The molecule has 2 saturated heterocycles. The van der Waals surface area contributed by atoms with Crippen LogP contribution in [0.2, 0.25) is 0 Å². The number of hydrogen-bond donors (Lipinski definition) is 2. The minimum Gasteiger partial charge on any atom is -0.508 e. The van der Waals surface area contributed by atoms with E-state index in [9.17, 15) is 10.2 Å². The summed E-state index contributed by atoms with van der Waals surface area (Å²) in [5, 5.41) is 31.7. The Balaban J connectivity index is 0.811. The van der Waals surface area contributed by atoms with E-state index < -0.39 is 23.3 Å². The van der Waals surface area contributed by atoms with E-state index in [0.717, 1.165) is 50.5 Å². The summed E-state index contributed by atoms with van der Waals surface area (Å²) < 4.78 is 57.0. The van der Waals surface area contributed by atoms with Crippen LogP contribution < -0.4 is 14.5 Å². The highest BCUT2D eigenvalue weighted by molar-refractivity contribution is 7.15. The number of piperidine rings is 1. The molecule has 2 N–H and O–H groups in total. The van der Waals surface area contributed by atoms with Crippen molar-refractivity contribution in [3.63, 3.8) is 0 Å². The first kappa shape index (κ1) is 43.2. The molecule has 2 fully saturated rings. The Bertz CT molecular complexity index is 2810. The van der Waals surface area contributed by atoms with Gasteiger partial charge in [-0.2, -0.15) is 0 Å². The van der Waals surface area contributed by atoms with Gasteiger partial charge in [0.05, 0.1) is 29.8 Å². The number of nitrogens with zero attached hydrogens (tertiary/aromatic N) is 7. The molecule has 2 aromatic heterocycles. The molecule has 0 unspecified atom stereocenters. The molecule has 1 aliphatic carbocycles. The van der Waals surface area contributed by atoms with Gasteiger partial charge in [-0.25, -0.2) is 13.2 Å². The molecule has 14 heteroatoms. The van der Waals surface area contributed by atoms with Gasteiger partial charge < -0.3 is 24.7 Å². The Hall–Kier alpha value is -5.70. The third kappa shape index (κ3) is 7.76. The highest BCUT2D eigenvalue weighted by Gasteiger charge is 2.39. The molecule has 5 heterocycles. The number of piperazine rings is 1. The van der Waals surface area contributed by atoms with Crippen LogP contribution in [-0.4, -0.2) is 94.1 Å². The number of aromatic hydroxyl groups is 1. The van der Waals surface area contributed by atoms with Crippen LogP contribution in [0.3, 0.4) is 0 Å². The quantitative estimate of drug-likeness (QED) is 0.156. The Kier molecular flexibility index (Phi) is 11.3. The number of hydrogen-bond acceptors (Lipinski definition) is 10. The third-order valence-corrected chi connectivity index (χ3v) is 15.6. The van der Waals surface area contributed by atoms with E-state index in [1.54, 1.807) is 30.6 Å². The first-order chi connectivity index (χ1) is 31.3. The minimum atomic E-state index is -1.01. The number of fused-ring (bicyclic) bond motifs is 4. The maximum absolute atomic E-state index is 16.5. The van der Waals surface area contributed by atoms with Gasteiger partial charge in [-0.3, -0.25) is 14.5 Å². The van der Waals surface area contributed by atoms with Crippen LogP contribution in [0.4, 0.5) is 24.5 Å². The number of anilines is 2. The van der Waals surface area contributed by atoms with Crippen molar-refractivity contribution in [1.82, 2.24) is 19.7 Å². The number of β-amino-alcohol motifs (C(OH)–C–C–N with tert-alkyl or cyclic N) is 1. The maximum Gasteiger partial charge on any atom is 0.162 e. The highest BCUT2D eigenvalue weighted by atomic mass is 32.1. The van der Waals surface area contributed by atoms with Crippen LogP contribution in [0.5, 0.6) is 11.5 Å². The van der Waals surface area contributed by atoms with Gasteiger partial charge in [-0.1, -0.05) is 36.4 Å². The number of ether oxygens (including phenoxy) is 1. The van der Waals surface area contributed by atoms with Crippen molar-refractivity contribution in [1.29, 1.82) is 0 Å². The molecule has 65 heavy (non-hydrogen) atoms. The van der Waals surface area contributed by atoms with Gasteiger partial charge in [-0.15, -0.1) is 21.5 Å². The summed E-state index contributed by atoms with van der Waals surface area (Å²) in [7, 11) is 1.63. The monoisotopic (exact) mass is 901 g/mol. The first-order valence-electron chi connectivity index (χ1n) is 22.6. The van der Waals surface area contributed by atoms with Crippen molar-refractivity contribution in [2.75, 3.05) is 62.7 Å². The Morgan fingerprint density at radius 3 is 2.26 bits per heavy atom. The number of phenols is 1. The summed E-state index contributed by atoms with van der Waals surface area (Å²) in [6.45, 7) is 11.3. The van der Waals surface area contributed by atoms with E-state index >= 15 is 13.2 Å². The van der Waals surface area contributed by atoms with Crippen molar-refractivity contribution in [3.8, 4) is 16.5 Å². The Labute approximate surface area is 381 Å². The summed E-state index contributed by atoms with van der Waals surface area (Å²) in [5.41, 5.74) is 5.97. The topological polar surface area (TPSA) is 102 Å². The average Bonchev–Trinajstić information content (AvgIpc) is 3.79. The lowest BCUT2D eigenvalue weighted by Gasteiger charge is -2.44. The molecule has 0 radical (unpaired) electrons. The molecular formula is C51H54F3N7O3S. The van der Waals surface area contributed by atoms with E-state index in [1.165, 1.54) is 17.7 Å². The van der Waals surface area contributed by atoms with Crippen molar-refractivity contribution in [3.05, 3.63) is 146 Å². The van der Waals surface area contributed by atoms with Gasteiger partial charge in [0.2, 0.25) is 0 Å². The molecule has 0 spiro atoms. The highest BCUT2D eigenvalue weighted by Crippen LogP contribution is 2.50. The number of halogens is 3. The summed E-state index contributed by atoms with van der Waals surface area (Å²) in [6.07, 6.45) is 2.44. The van der Waals surface area contributed by atoms with E-state index in [4.69, 9.17) is 9.73 Å². The van der Waals surface area contributed by atoms with Crippen LogP contribution >= 0.6 is 11.3 Å². The SMILES string of the molecule is COc1cc(N2CCN(CC3(O)CCN(c4cc(F)c(C5=N[C@@H](C)c6nnc(C)n6-c6sc(C)c(C)c65)cc4F)CC3)CC2)c(F)cc1[C@@H]1c2ccc(O)cc2CC[C@@H]1c1ccccc1. The van der Waals surface area contributed by atoms with Gasteiger partial charge in [0.25, 0.3) is 0 Å². The lowest BCUT2D eigenvalue weighted by molar-refractivity contribution is -0.0174. The van der Waals surface area contributed by atoms with Gasteiger partial charge in [0.15, 0.2) is 5.82 Å². The normalized spacial score (nSPS) is 20.8. The third-order valence-electron chi connectivity index (χ3n) is 14.4. The molecule has 10 rings (SSSR count). The predicted molar refractivity (Wildman–Crippen MR) is 249 cm³/mol. The molecular weight excluding hydrogens is 848 g/mol. The number of thiophene rings is 1. The van der Waals surface area contributed by atoms with Crippen LogP contribution in [0.25, 0.3) is 5.00 Å². The predicted octanol–water partition coefficient (Wildman–Crippen LogP) is 9.31. The number of methoxy groups -OCH3 is 1. The van der Waals surface area contributed by atoms with Crippen molar-refractivity contribution >= 4 is 28.4 Å². The summed E-state index contributed by atoms with van der Waals surface area (Å²) in [5.74, 6) is 0.738. The fraction of sp³-hybridized carbons (Fsp3) is 0.392. The number of aliphatic hydroxyl groups is 1. The molecule has 338 valence electrons. The van der Waals surface area contributed by atoms with Gasteiger partial charge in [0, 0.05) is 85.4 Å².